The highest BCUT2D eigenvalue weighted by Crippen LogP contribution is 2.30. The third-order valence-electron chi connectivity index (χ3n) is 3.98. The zero-order valence-corrected chi connectivity index (χ0v) is 12.4. The zero-order chi connectivity index (χ0) is 14.5. The number of nitrogen functional groups attached to an aromatic ring is 1. The van der Waals surface area contributed by atoms with Gasteiger partial charge in [0.05, 0.1) is 0 Å². The molecule has 1 unspecified atom stereocenters. The number of aromatic nitrogens is 2. The summed E-state index contributed by atoms with van der Waals surface area (Å²) < 4.78 is 0. The molecule has 0 aromatic carbocycles. The first-order valence-electron chi connectivity index (χ1n) is 7.42. The summed E-state index contributed by atoms with van der Waals surface area (Å²) in [5.41, 5.74) is 3.65. The van der Waals surface area contributed by atoms with Crippen LogP contribution >= 0.6 is 0 Å². The molecule has 6 heteroatoms. The first kappa shape index (κ1) is 15.0. The van der Waals surface area contributed by atoms with Crippen LogP contribution in [0.5, 0.6) is 0 Å². The SMILES string of the molecule is CCc1nc(NN)c(C)c(N2CCCCC2CCO)n1. The van der Waals surface area contributed by atoms with E-state index < -0.39 is 0 Å². The molecule has 0 radical (unpaired) electrons. The Morgan fingerprint density at radius 1 is 1.40 bits per heavy atom. The predicted octanol–water partition coefficient (Wildman–Crippen LogP) is 1.37. The van der Waals surface area contributed by atoms with Gasteiger partial charge in [-0.05, 0) is 32.6 Å². The van der Waals surface area contributed by atoms with E-state index >= 15 is 0 Å². The van der Waals surface area contributed by atoms with Crippen molar-refractivity contribution < 1.29 is 5.11 Å². The minimum absolute atomic E-state index is 0.216. The lowest BCUT2D eigenvalue weighted by Gasteiger charge is -2.37. The number of nitrogens with one attached hydrogen (secondary N) is 1. The molecule has 1 atom stereocenters. The third-order valence-corrected chi connectivity index (χ3v) is 3.98. The van der Waals surface area contributed by atoms with Gasteiger partial charge in [0, 0.05) is 31.2 Å². The number of hydrogen-bond acceptors (Lipinski definition) is 6. The van der Waals surface area contributed by atoms with Crippen molar-refractivity contribution in [2.24, 2.45) is 5.84 Å². The van der Waals surface area contributed by atoms with Crippen molar-refractivity contribution >= 4 is 11.6 Å². The summed E-state index contributed by atoms with van der Waals surface area (Å²) in [4.78, 5) is 11.4. The highest BCUT2D eigenvalue weighted by atomic mass is 16.3. The van der Waals surface area contributed by atoms with Crippen molar-refractivity contribution in [3.05, 3.63) is 11.4 Å². The average molecular weight is 279 g/mol. The summed E-state index contributed by atoms with van der Waals surface area (Å²) in [5.74, 6) is 8.02. The Balaban J connectivity index is 2.38. The second kappa shape index (κ2) is 6.85. The summed E-state index contributed by atoms with van der Waals surface area (Å²) in [6, 6.07) is 0.359. The summed E-state index contributed by atoms with van der Waals surface area (Å²) in [5, 5.41) is 9.26. The van der Waals surface area contributed by atoms with E-state index in [-0.39, 0.29) is 6.61 Å². The topological polar surface area (TPSA) is 87.3 Å². The maximum absolute atomic E-state index is 9.26. The molecule has 1 aromatic heterocycles. The molecule has 112 valence electrons. The van der Waals surface area contributed by atoms with Crippen molar-refractivity contribution in [1.82, 2.24) is 9.97 Å². The van der Waals surface area contributed by atoms with E-state index in [1.807, 2.05) is 13.8 Å². The molecule has 0 amide bonds. The van der Waals surface area contributed by atoms with Crippen LogP contribution in [0.15, 0.2) is 0 Å². The number of rotatable bonds is 5. The maximum Gasteiger partial charge on any atom is 0.148 e. The fraction of sp³-hybridized carbons (Fsp3) is 0.714. The number of nitrogens with two attached hydrogens (primary N) is 1. The molecule has 2 heterocycles. The average Bonchev–Trinajstić information content (AvgIpc) is 2.49. The molecule has 0 saturated carbocycles. The Bertz CT molecular complexity index is 449. The van der Waals surface area contributed by atoms with Crippen molar-refractivity contribution in [3.8, 4) is 0 Å². The maximum atomic E-state index is 9.26. The van der Waals surface area contributed by atoms with Gasteiger partial charge in [0.2, 0.25) is 0 Å². The summed E-state index contributed by atoms with van der Waals surface area (Å²) in [6.07, 6.45) is 5.06. The Hall–Kier alpha value is -1.40. The monoisotopic (exact) mass is 279 g/mol. The molecule has 1 aromatic rings. The van der Waals surface area contributed by atoms with Gasteiger partial charge in [0.25, 0.3) is 0 Å². The lowest BCUT2D eigenvalue weighted by molar-refractivity contribution is 0.262. The smallest absolute Gasteiger partial charge is 0.148 e. The van der Waals surface area contributed by atoms with Crippen LogP contribution < -0.4 is 16.2 Å². The van der Waals surface area contributed by atoms with Crippen LogP contribution in [0.1, 0.15) is 44.0 Å². The van der Waals surface area contributed by atoms with Gasteiger partial charge >= 0.3 is 0 Å². The zero-order valence-electron chi connectivity index (χ0n) is 12.4. The largest absolute Gasteiger partial charge is 0.396 e. The molecule has 2 rings (SSSR count). The summed E-state index contributed by atoms with van der Waals surface area (Å²) in [7, 11) is 0. The molecule has 20 heavy (non-hydrogen) atoms. The van der Waals surface area contributed by atoms with Crippen molar-refractivity contribution in [2.75, 3.05) is 23.5 Å². The van der Waals surface area contributed by atoms with E-state index in [4.69, 9.17) is 10.8 Å². The van der Waals surface area contributed by atoms with Crippen LogP contribution in [0.2, 0.25) is 0 Å². The minimum atomic E-state index is 0.216. The fourth-order valence-electron chi connectivity index (χ4n) is 2.86. The predicted molar refractivity (Wildman–Crippen MR) is 80.6 cm³/mol. The van der Waals surface area contributed by atoms with Gasteiger partial charge in [-0.1, -0.05) is 6.92 Å². The Morgan fingerprint density at radius 2 is 2.20 bits per heavy atom. The van der Waals surface area contributed by atoms with E-state index in [0.717, 1.165) is 49.4 Å². The number of hydrazine groups is 1. The van der Waals surface area contributed by atoms with Crippen LogP contribution in [0.3, 0.4) is 0 Å². The van der Waals surface area contributed by atoms with Gasteiger partial charge in [0.15, 0.2) is 0 Å². The van der Waals surface area contributed by atoms with Crippen LogP contribution in [0.4, 0.5) is 11.6 Å². The lowest BCUT2D eigenvalue weighted by atomic mass is 9.99. The number of anilines is 2. The Labute approximate surface area is 120 Å². The number of hydrogen-bond donors (Lipinski definition) is 3. The number of nitrogens with zero attached hydrogens (tertiary/aromatic N) is 3. The second-order valence-corrected chi connectivity index (χ2v) is 5.29. The van der Waals surface area contributed by atoms with Gasteiger partial charge in [-0.25, -0.2) is 15.8 Å². The van der Waals surface area contributed by atoms with Gasteiger partial charge < -0.3 is 15.4 Å². The first-order chi connectivity index (χ1) is 9.71. The van der Waals surface area contributed by atoms with E-state index in [1.54, 1.807) is 0 Å². The molecular formula is C14H25N5O. The highest BCUT2D eigenvalue weighted by Gasteiger charge is 2.25. The number of aliphatic hydroxyl groups is 1. The van der Waals surface area contributed by atoms with Crippen molar-refractivity contribution in [1.29, 1.82) is 0 Å². The Morgan fingerprint density at radius 3 is 2.85 bits per heavy atom. The minimum Gasteiger partial charge on any atom is -0.396 e. The number of piperidine rings is 1. The number of aliphatic hydroxyl groups excluding tert-OH is 1. The van der Waals surface area contributed by atoms with Crippen molar-refractivity contribution in [3.63, 3.8) is 0 Å². The molecule has 1 aliphatic heterocycles. The van der Waals surface area contributed by atoms with E-state index in [1.165, 1.54) is 6.42 Å². The van der Waals surface area contributed by atoms with E-state index in [2.05, 4.69) is 15.3 Å². The summed E-state index contributed by atoms with van der Waals surface area (Å²) >= 11 is 0. The molecule has 4 N–H and O–H groups in total. The molecule has 6 nitrogen and oxygen atoms in total. The van der Waals surface area contributed by atoms with Crippen LogP contribution in [-0.2, 0) is 6.42 Å². The lowest BCUT2D eigenvalue weighted by Crippen LogP contribution is -2.41. The molecule has 1 aliphatic rings. The van der Waals surface area contributed by atoms with Gasteiger partial charge in [0.1, 0.15) is 17.5 Å². The molecule has 0 bridgehead atoms. The third kappa shape index (κ3) is 3.02. The van der Waals surface area contributed by atoms with Crippen molar-refractivity contribution in [2.45, 2.75) is 52.0 Å². The van der Waals surface area contributed by atoms with Gasteiger partial charge in [-0.3, -0.25) is 0 Å². The molecule has 1 fully saturated rings. The first-order valence-corrected chi connectivity index (χ1v) is 7.42. The molecule has 0 spiro atoms. The Kier molecular flexibility index (Phi) is 5.14. The standard InChI is InChI=1S/C14H25N5O/c1-3-12-16-13(18-15)10(2)14(17-12)19-8-5-4-6-11(19)7-9-20/h11,20H,3-9,15H2,1-2H3,(H,16,17,18). The molecular weight excluding hydrogens is 254 g/mol. The highest BCUT2D eigenvalue weighted by molar-refractivity contribution is 5.59. The summed E-state index contributed by atoms with van der Waals surface area (Å²) in [6.45, 7) is 5.23. The molecule has 1 saturated heterocycles. The van der Waals surface area contributed by atoms with E-state index in [9.17, 15) is 5.11 Å². The normalized spacial score (nSPS) is 19.2. The van der Waals surface area contributed by atoms with E-state index in [0.29, 0.717) is 11.9 Å². The van der Waals surface area contributed by atoms with Gasteiger partial charge in [-0.15, -0.1) is 0 Å². The van der Waals surface area contributed by atoms with Crippen LogP contribution in [0.25, 0.3) is 0 Å². The second-order valence-electron chi connectivity index (χ2n) is 5.29. The van der Waals surface area contributed by atoms with Crippen LogP contribution in [0, 0.1) is 6.92 Å². The van der Waals surface area contributed by atoms with Crippen LogP contribution in [-0.4, -0.2) is 34.3 Å². The fourth-order valence-corrected chi connectivity index (χ4v) is 2.86. The quantitative estimate of drug-likeness (QED) is 0.557. The number of aryl methyl sites for hydroxylation is 1. The van der Waals surface area contributed by atoms with Gasteiger partial charge in [-0.2, -0.15) is 0 Å². The molecule has 0 aliphatic carbocycles.